The molecule has 60 valence electrons. The lowest BCUT2D eigenvalue weighted by molar-refractivity contribution is 0.0701. The van der Waals surface area contributed by atoms with E-state index < -0.39 is 5.91 Å². The highest BCUT2D eigenvalue weighted by Gasteiger charge is 2.01. The lowest BCUT2D eigenvalue weighted by Crippen LogP contribution is -2.19. The number of hydroxylamine groups is 1. The molecule has 1 heterocycles. The van der Waals surface area contributed by atoms with E-state index in [2.05, 4.69) is 4.98 Å². The summed E-state index contributed by atoms with van der Waals surface area (Å²) >= 11 is 0. The zero-order valence-electron chi connectivity index (χ0n) is 5.52. The van der Waals surface area contributed by atoms with E-state index in [0.717, 1.165) is 0 Å². The fraction of sp³-hybridized carbons (Fsp3) is 0. The molecule has 0 atom stereocenters. The van der Waals surface area contributed by atoms with E-state index in [9.17, 15) is 4.79 Å². The third-order valence-electron chi connectivity index (χ3n) is 0.999. The number of halogens is 1. The summed E-state index contributed by atoms with van der Waals surface area (Å²) in [7, 11) is 0. The Balaban J connectivity index is 0.000001000. The summed E-state index contributed by atoms with van der Waals surface area (Å²) in [6.07, 6.45) is 1.48. The molecule has 0 radical (unpaired) electrons. The quantitative estimate of drug-likeness (QED) is 0.485. The number of rotatable bonds is 1. The predicted molar refractivity (Wildman–Crippen MR) is 40.7 cm³/mol. The van der Waals surface area contributed by atoms with Gasteiger partial charge >= 0.3 is 0 Å². The molecule has 1 aromatic rings. The summed E-state index contributed by atoms with van der Waals surface area (Å²) in [6.45, 7) is 0. The minimum absolute atomic E-state index is 0. The molecule has 0 bridgehead atoms. The number of carbonyl (C=O) groups is 1. The van der Waals surface area contributed by atoms with Crippen molar-refractivity contribution < 1.29 is 10.0 Å². The van der Waals surface area contributed by atoms with Crippen LogP contribution < -0.4 is 5.48 Å². The van der Waals surface area contributed by atoms with Crippen molar-refractivity contribution in [2.45, 2.75) is 0 Å². The van der Waals surface area contributed by atoms with Gasteiger partial charge in [0, 0.05) is 6.20 Å². The van der Waals surface area contributed by atoms with E-state index in [-0.39, 0.29) is 18.1 Å². The molecule has 11 heavy (non-hydrogen) atoms. The molecule has 0 saturated carbocycles. The van der Waals surface area contributed by atoms with Crippen LogP contribution in [0.4, 0.5) is 0 Å². The Labute approximate surface area is 69.6 Å². The monoisotopic (exact) mass is 174 g/mol. The highest BCUT2D eigenvalue weighted by Crippen LogP contribution is 1.90. The molecule has 1 rings (SSSR count). The number of aromatic nitrogens is 1. The Kier molecular flexibility index (Phi) is 4.17. The van der Waals surface area contributed by atoms with Gasteiger partial charge in [-0.3, -0.25) is 15.0 Å². The van der Waals surface area contributed by atoms with Crippen LogP contribution in [0.1, 0.15) is 10.5 Å². The van der Waals surface area contributed by atoms with Gasteiger partial charge in [0.1, 0.15) is 5.69 Å². The average molecular weight is 175 g/mol. The van der Waals surface area contributed by atoms with Crippen molar-refractivity contribution >= 4 is 18.3 Å². The molecule has 0 fully saturated rings. The molecular formula is C6H7ClN2O2. The van der Waals surface area contributed by atoms with Gasteiger partial charge in [0.15, 0.2) is 0 Å². The van der Waals surface area contributed by atoms with Crippen LogP contribution >= 0.6 is 12.4 Å². The predicted octanol–water partition coefficient (Wildman–Crippen LogP) is 0.622. The van der Waals surface area contributed by atoms with Crippen molar-refractivity contribution in [3.63, 3.8) is 0 Å². The fourth-order valence-electron chi connectivity index (χ4n) is 0.554. The van der Waals surface area contributed by atoms with Gasteiger partial charge in [-0.05, 0) is 12.1 Å². The smallest absolute Gasteiger partial charge is 0.288 e. The second-order valence-electron chi connectivity index (χ2n) is 1.66. The standard InChI is InChI=1S/C6H6N2O2.ClH/c9-6(8-10)5-3-1-2-4-7-5;/h1-4,10H,(H,8,9);1H. The van der Waals surface area contributed by atoms with Crippen LogP contribution in [0.25, 0.3) is 0 Å². The van der Waals surface area contributed by atoms with Crippen molar-refractivity contribution in [3.05, 3.63) is 30.1 Å². The van der Waals surface area contributed by atoms with E-state index in [1.165, 1.54) is 17.7 Å². The van der Waals surface area contributed by atoms with E-state index in [4.69, 9.17) is 5.21 Å². The first-order chi connectivity index (χ1) is 4.84. The highest BCUT2D eigenvalue weighted by atomic mass is 35.5. The molecule has 1 aromatic heterocycles. The molecule has 0 spiro atoms. The van der Waals surface area contributed by atoms with Crippen LogP contribution in [-0.2, 0) is 0 Å². The lowest BCUT2D eigenvalue weighted by Gasteiger charge is -1.93. The topological polar surface area (TPSA) is 62.2 Å². The Hall–Kier alpha value is -1.13. The van der Waals surface area contributed by atoms with Gasteiger partial charge in [0.05, 0.1) is 0 Å². The molecule has 0 aromatic carbocycles. The Morgan fingerprint density at radius 3 is 2.73 bits per heavy atom. The number of nitrogens with zero attached hydrogens (tertiary/aromatic N) is 1. The normalized spacial score (nSPS) is 8.09. The molecule has 5 heteroatoms. The maximum Gasteiger partial charge on any atom is 0.293 e. The molecule has 4 nitrogen and oxygen atoms in total. The van der Waals surface area contributed by atoms with Crippen LogP contribution in [0.5, 0.6) is 0 Å². The van der Waals surface area contributed by atoms with E-state index in [1.807, 2.05) is 0 Å². The highest BCUT2D eigenvalue weighted by molar-refractivity contribution is 5.91. The van der Waals surface area contributed by atoms with Crippen LogP contribution in [0, 0.1) is 0 Å². The number of amides is 1. The van der Waals surface area contributed by atoms with Crippen molar-refractivity contribution in [1.82, 2.24) is 10.5 Å². The van der Waals surface area contributed by atoms with Gasteiger partial charge in [-0.15, -0.1) is 12.4 Å². The Bertz CT molecular complexity index is 227. The lowest BCUT2D eigenvalue weighted by atomic mass is 10.3. The summed E-state index contributed by atoms with van der Waals surface area (Å²) < 4.78 is 0. The zero-order valence-corrected chi connectivity index (χ0v) is 6.34. The first kappa shape index (κ1) is 9.87. The fourth-order valence-corrected chi connectivity index (χ4v) is 0.554. The first-order valence-electron chi connectivity index (χ1n) is 2.70. The summed E-state index contributed by atoms with van der Waals surface area (Å²) in [4.78, 5) is 14.3. The second-order valence-corrected chi connectivity index (χ2v) is 1.66. The van der Waals surface area contributed by atoms with E-state index in [0.29, 0.717) is 0 Å². The average Bonchev–Trinajstić information content (AvgIpc) is 2.05. The molecule has 0 aliphatic heterocycles. The van der Waals surface area contributed by atoms with Crippen molar-refractivity contribution in [1.29, 1.82) is 0 Å². The largest absolute Gasteiger partial charge is 0.293 e. The molecule has 0 saturated heterocycles. The molecule has 2 N–H and O–H groups in total. The van der Waals surface area contributed by atoms with Gasteiger partial charge < -0.3 is 0 Å². The number of pyridine rings is 1. The van der Waals surface area contributed by atoms with Gasteiger partial charge in [-0.25, -0.2) is 5.48 Å². The van der Waals surface area contributed by atoms with Crippen LogP contribution in [-0.4, -0.2) is 16.1 Å². The van der Waals surface area contributed by atoms with E-state index >= 15 is 0 Å². The van der Waals surface area contributed by atoms with Crippen molar-refractivity contribution in [2.75, 3.05) is 0 Å². The Morgan fingerprint density at radius 1 is 1.55 bits per heavy atom. The SMILES string of the molecule is Cl.O=C(NO)c1ccccn1. The number of hydrogen-bond donors (Lipinski definition) is 2. The summed E-state index contributed by atoms with van der Waals surface area (Å²) in [5.41, 5.74) is 1.68. The van der Waals surface area contributed by atoms with Gasteiger partial charge in [0.25, 0.3) is 5.91 Å². The third-order valence-corrected chi connectivity index (χ3v) is 0.999. The third kappa shape index (κ3) is 2.53. The molecule has 0 aliphatic carbocycles. The second kappa shape index (κ2) is 4.65. The molecule has 0 aliphatic rings. The van der Waals surface area contributed by atoms with Gasteiger partial charge in [-0.1, -0.05) is 6.07 Å². The summed E-state index contributed by atoms with van der Waals surface area (Å²) in [5.74, 6) is -0.597. The molecule has 1 amide bonds. The van der Waals surface area contributed by atoms with Crippen molar-refractivity contribution in [3.8, 4) is 0 Å². The maximum atomic E-state index is 10.6. The first-order valence-corrected chi connectivity index (χ1v) is 2.70. The van der Waals surface area contributed by atoms with Crippen LogP contribution in [0.3, 0.4) is 0 Å². The molecular weight excluding hydrogens is 168 g/mol. The number of carbonyl (C=O) groups excluding carboxylic acids is 1. The van der Waals surface area contributed by atoms with Crippen molar-refractivity contribution in [2.24, 2.45) is 0 Å². The summed E-state index contributed by atoms with van der Waals surface area (Å²) in [6, 6.07) is 4.86. The van der Waals surface area contributed by atoms with E-state index in [1.54, 1.807) is 12.1 Å². The van der Waals surface area contributed by atoms with Crippen LogP contribution in [0.2, 0.25) is 0 Å². The van der Waals surface area contributed by atoms with Gasteiger partial charge in [0.2, 0.25) is 0 Å². The molecule has 0 unspecified atom stereocenters. The minimum Gasteiger partial charge on any atom is -0.288 e. The van der Waals surface area contributed by atoms with Gasteiger partial charge in [-0.2, -0.15) is 0 Å². The number of nitrogens with one attached hydrogen (secondary N) is 1. The Morgan fingerprint density at radius 2 is 2.27 bits per heavy atom. The maximum absolute atomic E-state index is 10.6. The van der Waals surface area contributed by atoms with Crippen LogP contribution in [0.15, 0.2) is 24.4 Å². The number of hydrogen-bond acceptors (Lipinski definition) is 3. The summed E-state index contributed by atoms with van der Waals surface area (Å²) in [5, 5.41) is 8.15. The minimum atomic E-state index is -0.597. The zero-order chi connectivity index (χ0) is 7.40.